The average molecular weight is 714 g/mol. The number of ether oxygens (including phenoxy) is 3. The van der Waals surface area contributed by atoms with Gasteiger partial charge >= 0.3 is 6.09 Å². The van der Waals surface area contributed by atoms with E-state index in [9.17, 15) is 13.2 Å². The number of hydrogen-bond donors (Lipinski definition) is 1. The van der Waals surface area contributed by atoms with Gasteiger partial charge in [0.1, 0.15) is 11.8 Å². The fourth-order valence-electron chi connectivity index (χ4n) is 6.59. The summed E-state index contributed by atoms with van der Waals surface area (Å²) in [5, 5.41) is 11.9. The van der Waals surface area contributed by atoms with E-state index >= 15 is 0 Å². The molecule has 49 heavy (non-hydrogen) atoms. The van der Waals surface area contributed by atoms with Gasteiger partial charge in [0.15, 0.2) is 21.2 Å². The zero-order valence-electron chi connectivity index (χ0n) is 28.8. The number of anilines is 2. The molecule has 1 aliphatic carbocycles. The Morgan fingerprint density at radius 2 is 1.88 bits per heavy atom. The maximum atomic E-state index is 13.6. The van der Waals surface area contributed by atoms with Crippen LogP contribution in [0.5, 0.6) is 5.75 Å². The molecule has 1 saturated heterocycles. The van der Waals surface area contributed by atoms with Crippen molar-refractivity contribution >= 4 is 44.8 Å². The van der Waals surface area contributed by atoms with E-state index in [1.54, 1.807) is 38.6 Å². The van der Waals surface area contributed by atoms with Gasteiger partial charge in [0.05, 0.1) is 33.7 Å². The van der Waals surface area contributed by atoms with Crippen molar-refractivity contribution in [1.82, 2.24) is 29.3 Å². The molecule has 15 heteroatoms. The van der Waals surface area contributed by atoms with Gasteiger partial charge in [-0.05, 0) is 96.9 Å². The number of halogens is 1. The maximum absolute atomic E-state index is 13.6. The Labute approximate surface area is 291 Å². The fourth-order valence-corrected chi connectivity index (χ4v) is 8.96. The lowest BCUT2D eigenvalue weighted by Crippen LogP contribution is -2.53. The van der Waals surface area contributed by atoms with Gasteiger partial charge in [-0.15, -0.1) is 5.10 Å². The molecular weight excluding hydrogens is 670 g/mol. The van der Waals surface area contributed by atoms with Gasteiger partial charge in [0.25, 0.3) is 0 Å². The van der Waals surface area contributed by atoms with Gasteiger partial charge in [-0.1, -0.05) is 11.6 Å². The molecule has 0 radical (unpaired) electrons. The number of carbonyl (C=O) groups is 1. The SMILES string of the molecule is CCOc1c(-c2cnn(C(C)OCC)c2)ccn2nc(Nc3ccc(S(=O)(=O)C4CC5(CCN(C(=O)OC(C)(C)C)CC5)C4)cc3Cl)nc12. The summed E-state index contributed by atoms with van der Waals surface area (Å²) in [6, 6.07) is 6.58. The van der Waals surface area contributed by atoms with Crippen molar-refractivity contribution in [3.05, 3.63) is 47.9 Å². The highest BCUT2D eigenvalue weighted by Crippen LogP contribution is 2.53. The van der Waals surface area contributed by atoms with Gasteiger partial charge < -0.3 is 24.4 Å². The van der Waals surface area contributed by atoms with E-state index in [0.29, 0.717) is 56.2 Å². The van der Waals surface area contributed by atoms with Gasteiger partial charge in [0.2, 0.25) is 5.95 Å². The van der Waals surface area contributed by atoms with Crippen LogP contribution < -0.4 is 10.1 Å². The fraction of sp³-hybridized carbons (Fsp3) is 0.529. The Morgan fingerprint density at radius 3 is 2.53 bits per heavy atom. The number of nitrogens with zero attached hydrogens (tertiary/aromatic N) is 6. The second kappa shape index (κ2) is 13.4. The van der Waals surface area contributed by atoms with Crippen molar-refractivity contribution in [2.75, 3.05) is 31.6 Å². The third kappa shape index (κ3) is 7.22. The Balaban J connectivity index is 1.14. The number of fused-ring (bicyclic) bond motifs is 1. The van der Waals surface area contributed by atoms with Crippen LogP contribution in [0.25, 0.3) is 16.8 Å². The van der Waals surface area contributed by atoms with Crippen molar-refractivity contribution in [3.8, 4) is 16.9 Å². The number of benzene rings is 1. The van der Waals surface area contributed by atoms with E-state index in [2.05, 4.69) is 20.5 Å². The topological polar surface area (TPSA) is 142 Å². The standard InChI is InChI=1S/C34H44ClN7O6S/c1-7-46-22(3)42-21-23(20-36-42)26-11-14-41-30(29(26)47-8-2)38-31(39-41)37-28-10-9-24(17-27(28)35)49(44,45)25-18-34(19-25)12-15-40(16-13-34)32(43)48-33(4,5)6/h9-11,14,17,20-22,25H,7-8,12-13,15-16,18-19H2,1-6H3,(H,37,39). The quantitative estimate of drug-likeness (QED) is 0.184. The third-order valence-electron chi connectivity index (χ3n) is 9.19. The zero-order chi connectivity index (χ0) is 35.1. The zero-order valence-corrected chi connectivity index (χ0v) is 30.3. The highest BCUT2D eigenvalue weighted by molar-refractivity contribution is 7.92. The van der Waals surface area contributed by atoms with Crippen molar-refractivity contribution in [2.45, 2.75) is 89.2 Å². The van der Waals surface area contributed by atoms with Crippen LogP contribution in [0.4, 0.5) is 16.4 Å². The predicted molar refractivity (Wildman–Crippen MR) is 186 cm³/mol. The molecule has 0 bridgehead atoms. The minimum Gasteiger partial charge on any atom is -0.489 e. The number of rotatable bonds is 10. The first-order valence-electron chi connectivity index (χ1n) is 16.7. The van der Waals surface area contributed by atoms with Crippen LogP contribution >= 0.6 is 11.6 Å². The molecular formula is C34H44ClN7O6S. The van der Waals surface area contributed by atoms with E-state index in [0.717, 1.165) is 24.0 Å². The molecule has 1 aromatic carbocycles. The normalized spacial score (nSPS) is 17.2. The van der Waals surface area contributed by atoms with Crippen LogP contribution in [0.15, 0.2) is 47.8 Å². The number of pyridine rings is 1. The van der Waals surface area contributed by atoms with Crippen molar-refractivity contribution in [1.29, 1.82) is 0 Å². The van der Waals surface area contributed by atoms with Gasteiger partial charge in [-0.3, -0.25) is 0 Å². The van der Waals surface area contributed by atoms with Crippen LogP contribution in [-0.4, -0.2) is 80.9 Å². The first kappa shape index (κ1) is 35.0. The molecule has 2 fully saturated rings. The summed E-state index contributed by atoms with van der Waals surface area (Å²) >= 11 is 6.64. The van der Waals surface area contributed by atoms with Gasteiger partial charge in [-0.2, -0.15) is 10.1 Å². The van der Waals surface area contributed by atoms with Gasteiger partial charge in [-0.25, -0.2) is 22.4 Å². The lowest BCUT2D eigenvalue weighted by atomic mass is 9.63. The number of sulfone groups is 1. The maximum Gasteiger partial charge on any atom is 0.410 e. The molecule has 1 aliphatic heterocycles. The predicted octanol–water partition coefficient (Wildman–Crippen LogP) is 6.90. The summed E-state index contributed by atoms with van der Waals surface area (Å²) in [5.41, 5.74) is 2.00. The summed E-state index contributed by atoms with van der Waals surface area (Å²) in [4.78, 5) is 19.1. The lowest BCUT2D eigenvalue weighted by Gasteiger charge is -2.51. The number of likely N-dealkylation sites (tertiary alicyclic amines) is 1. The molecule has 13 nitrogen and oxygen atoms in total. The smallest absolute Gasteiger partial charge is 0.410 e. The molecule has 6 rings (SSSR count). The van der Waals surface area contributed by atoms with Crippen molar-refractivity contribution in [2.24, 2.45) is 5.41 Å². The first-order valence-corrected chi connectivity index (χ1v) is 18.6. The Morgan fingerprint density at radius 1 is 1.14 bits per heavy atom. The monoisotopic (exact) mass is 713 g/mol. The summed E-state index contributed by atoms with van der Waals surface area (Å²) < 4.78 is 47.8. The average Bonchev–Trinajstić information content (AvgIpc) is 3.68. The Kier molecular flexibility index (Phi) is 9.59. The van der Waals surface area contributed by atoms with E-state index < -0.39 is 20.7 Å². The van der Waals surface area contributed by atoms with Crippen LogP contribution in [0.3, 0.4) is 0 Å². The molecule has 1 N–H and O–H groups in total. The molecule has 1 spiro atoms. The first-order chi connectivity index (χ1) is 23.2. The molecule has 1 saturated carbocycles. The number of amides is 1. The van der Waals surface area contributed by atoms with Crippen LogP contribution in [0, 0.1) is 5.41 Å². The second-order valence-electron chi connectivity index (χ2n) is 13.8. The molecule has 264 valence electrons. The minimum atomic E-state index is -3.60. The molecule has 2 aliphatic rings. The summed E-state index contributed by atoms with van der Waals surface area (Å²) in [7, 11) is -3.60. The highest BCUT2D eigenvalue weighted by Gasteiger charge is 2.51. The van der Waals surface area contributed by atoms with Crippen molar-refractivity contribution < 1.29 is 27.4 Å². The van der Waals surface area contributed by atoms with Gasteiger partial charge in [0, 0.05) is 43.2 Å². The molecule has 1 amide bonds. The highest BCUT2D eigenvalue weighted by atomic mass is 35.5. The van der Waals surface area contributed by atoms with Crippen molar-refractivity contribution in [3.63, 3.8) is 0 Å². The number of carbonyl (C=O) groups excluding carboxylic acids is 1. The Hall–Kier alpha value is -3.88. The van der Waals surface area contributed by atoms with Crippen LogP contribution in [0.2, 0.25) is 5.02 Å². The van der Waals surface area contributed by atoms with E-state index in [1.165, 1.54) is 6.07 Å². The third-order valence-corrected chi connectivity index (χ3v) is 11.6. The summed E-state index contributed by atoms with van der Waals surface area (Å²) in [5.74, 6) is 0.824. The van der Waals surface area contributed by atoms with Crippen LogP contribution in [0.1, 0.15) is 73.5 Å². The number of hydrogen-bond acceptors (Lipinski definition) is 10. The summed E-state index contributed by atoms with van der Waals surface area (Å²) in [6.07, 6.45) is 7.57. The molecule has 1 atom stereocenters. The molecule has 4 heterocycles. The number of aromatic nitrogens is 5. The lowest BCUT2D eigenvalue weighted by molar-refractivity contribution is -0.00429. The largest absolute Gasteiger partial charge is 0.489 e. The molecule has 4 aromatic rings. The Bertz CT molecular complexity index is 1940. The van der Waals surface area contributed by atoms with E-state index in [1.807, 2.05) is 53.8 Å². The van der Waals surface area contributed by atoms with E-state index in [-0.39, 0.29) is 33.6 Å². The minimum absolute atomic E-state index is 0.0705. The number of piperidine rings is 1. The molecule has 3 aromatic heterocycles. The molecule has 1 unspecified atom stereocenters. The van der Waals surface area contributed by atoms with Crippen LogP contribution in [-0.2, 0) is 19.3 Å². The number of nitrogens with one attached hydrogen (secondary N) is 1. The second-order valence-corrected chi connectivity index (χ2v) is 16.4. The van der Waals surface area contributed by atoms with E-state index in [4.69, 9.17) is 25.8 Å². The summed E-state index contributed by atoms with van der Waals surface area (Å²) in [6.45, 7) is 13.4.